The molecule has 158 valence electrons. The van der Waals surface area contributed by atoms with Crippen LogP contribution in [0.5, 0.6) is 5.75 Å². The van der Waals surface area contributed by atoms with Gasteiger partial charge in [0.2, 0.25) is 10.0 Å². The van der Waals surface area contributed by atoms with E-state index in [4.69, 9.17) is 4.74 Å². The third-order valence-electron chi connectivity index (χ3n) is 5.29. The maximum atomic E-state index is 12.4. The van der Waals surface area contributed by atoms with Crippen LogP contribution < -0.4 is 9.46 Å². The molecule has 0 amide bonds. The fourth-order valence-electron chi connectivity index (χ4n) is 3.70. The Bertz CT molecular complexity index is 726. The number of likely N-dealkylation sites (tertiary alicyclic amines) is 1. The fourth-order valence-corrected chi connectivity index (χ4v) is 4.82. The largest absolute Gasteiger partial charge is 0.573 e. The summed E-state index contributed by atoms with van der Waals surface area (Å²) in [5.74, 6) is -0.203. The van der Waals surface area contributed by atoms with Gasteiger partial charge in [-0.05, 0) is 69.0 Å². The molecule has 0 unspecified atom stereocenters. The molecule has 0 atom stereocenters. The molecule has 1 aromatic rings. The zero-order valence-electron chi connectivity index (χ0n) is 15.5. The molecule has 2 aliphatic heterocycles. The Balaban J connectivity index is 1.47. The molecule has 0 saturated carbocycles. The van der Waals surface area contributed by atoms with Gasteiger partial charge in [0.15, 0.2) is 0 Å². The molecule has 2 saturated heterocycles. The number of alkyl halides is 3. The maximum absolute atomic E-state index is 12.4. The highest BCUT2D eigenvalue weighted by Gasteiger charge is 2.31. The van der Waals surface area contributed by atoms with Gasteiger partial charge in [0.25, 0.3) is 0 Å². The topological polar surface area (TPSA) is 67.9 Å². The average Bonchev–Trinajstić information content (AvgIpc) is 2.67. The summed E-state index contributed by atoms with van der Waals surface area (Å²) in [6.07, 6.45) is -0.884. The van der Waals surface area contributed by atoms with E-state index in [2.05, 4.69) is 14.4 Å². The summed E-state index contributed by atoms with van der Waals surface area (Å²) < 4.78 is 73.1. The molecular formula is C18H25F3N2O4S. The number of hydrogen-bond acceptors (Lipinski definition) is 5. The van der Waals surface area contributed by atoms with E-state index in [-0.39, 0.29) is 10.8 Å². The number of ether oxygens (including phenoxy) is 2. The van der Waals surface area contributed by atoms with Crippen LogP contribution in [0.2, 0.25) is 0 Å². The Morgan fingerprint density at radius 1 is 1.07 bits per heavy atom. The van der Waals surface area contributed by atoms with Crippen molar-refractivity contribution in [1.29, 1.82) is 0 Å². The van der Waals surface area contributed by atoms with Crippen molar-refractivity contribution in [3.63, 3.8) is 0 Å². The van der Waals surface area contributed by atoms with Crippen LogP contribution in [0.25, 0.3) is 0 Å². The molecule has 0 aliphatic carbocycles. The summed E-state index contributed by atoms with van der Waals surface area (Å²) in [5, 5.41) is 0. The Morgan fingerprint density at radius 3 is 2.25 bits per heavy atom. The van der Waals surface area contributed by atoms with E-state index in [1.165, 1.54) is 0 Å². The number of nitrogens with one attached hydrogen (secondary N) is 1. The van der Waals surface area contributed by atoms with Crippen LogP contribution in [0.1, 0.15) is 25.7 Å². The predicted molar refractivity (Wildman–Crippen MR) is 96.5 cm³/mol. The van der Waals surface area contributed by atoms with E-state index in [9.17, 15) is 21.6 Å². The lowest BCUT2D eigenvalue weighted by Crippen LogP contribution is -2.45. The molecular weight excluding hydrogens is 397 g/mol. The van der Waals surface area contributed by atoms with Gasteiger partial charge in [0, 0.05) is 25.8 Å². The molecule has 2 aliphatic rings. The van der Waals surface area contributed by atoms with Crippen molar-refractivity contribution in [3.8, 4) is 5.75 Å². The summed E-state index contributed by atoms with van der Waals surface area (Å²) in [4.78, 5) is 2.38. The van der Waals surface area contributed by atoms with Crippen molar-refractivity contribution >= 4 is 10.0 Å². The minimum atomic E-state index is -4.81. The fraction of sp³-hybridized carbons (Fsp3) is 0.667. The highest BCUT2D eigenvalue weighted by atomic mass is 32.2. The molecule has 2 heterocycles. The molecule has 0 radical (unpaired) electrons. The lowest BCUT2D eigenvalue weighted by atomic mass is 9.94. The van der Waals surface area contributed by atoms with E-state index in [0.29, 0.717) is 12.6 Å². The minimum Gasteiger partial charge on any atom is -0.406 e. The predicted octanol–water partition coefficient (Wildman–Crippen LogP) is 2.75. The Kier molecular flexibility index (Phi) is 6.85. The second kappa shape index (κ2) is 8.98. The van der Waals surface area contributed by atoms with Gasteiger partial charge in [-0.2, -0.15) is 0 Å². The lowest BCUT2D eigenvalue weighted by molar-refractivity contribution is -0.274. The van der Waals surface area contributed by atoms with E-state index in [0.717, 1.165) is 76.3 Å². The Morgan fingerprint density at radius 2 is 1.68 bits per heavy atom. The Labute approximate surface area is 163 Å². The number of sulfonamides is 1. The maximum Gasteiger partial charge on any atom is 0.573 e. The summed E-state index contributed by atoms with van der Waals surface area (Å²) in [6.45, 7) is 3.82. The van der Waals surface area contributed by atoms with Gasteiger partial charge in [-0.15, -0.1) is 13.2 Å². The summed E-state index contributed by atoms with van der Waals surface area (Å²) in [7, 11) is -3.77. The standard InChI is InChI=1S/C18H25F3N2O4S/c19-18(20,21)27-16-1-3-17(4-2-16)28(24,25)22-13-14-5-9-23(10-6-14)15-7-11-26-12-8-15/h1-4,14-15,22H,5-13H2. The average molecular weight is 422 g/mol. The van der Waals surface area contributed by atoms with Crippen LogP contribution >= 0.6 is 0 Å². The quantitative estimate of drug-likeness (QED) is 0.764. The van der Waals surface area contributed by atoms with E-state index in [1.54, 1.807) is 0 Å². The third kappa shape index (κ3) is 6.07. The molecule has 2 fully saturated rings. The molecule has 10 heteroatoms. The number of piperidine rings is 1. The normalized spacial score (nSPS) is 21.0. The van der Waals surface area contributed by atoms with Crippen LogP contribution in [-0.2, 0) is 14.8 Å². The van der Waals surface area contributed by atoms with Crippen molar-refractivity contribution in [2.24, 2.45) is 5.92 Å². The van der Waals surface area contributed by atoms with Crippen molar-refractivity contribution in [3.05, 3.63) is 24.3 Å². The summed E-state index contributed by atoms with van der Waals surface area (Å²) in [6, 6.07) is 4.76. The molecule has 28 heavy (non-hydrogen) atoms. The first-order chi connectivity index (χ1) is 13.2. The van der Waals surface area contributed by atoms with Crippen molar-refractivity contribution in [2.45, 2.75) is 43.0 Å². The van der Waals surface area contributed by atoms with Gasteiger partial charge in [0.05, 0.1) is 4.90 Å². The number of hydrogen-bond donors (Lipinski definition) is 1. The summed E-state index contributed by atoms with van der Waals surface area (Å²) in [5.41, 5.74) is 0. The smallest absolute Gasteiger partial charge is 0.406 e. The number of nitrogens with zero attached hydrogens (tertiary/aromatic N) is 1. The van der Waals surface area contributed by atoms with E-state index < -0.39 is 22.1 Å². The number of benzene rings is 1. The monoisotopic (exact) mass is 422 g/mol. The summed E-state index contributed by atoms with van der Waals surface area (Å²) >= 11 is 0. The zero-order chi connectivity index (χ0) is 20.2. The van der Waals surface area contributed by atoms with Crippen LogP contribution in [0.15, 0.2) is 29.2 Å². The Hall–Kier alpha value is -1.36. The van der Waals surface area contributed by atoms with Gasteiger partial charge >= 0.3 is 6.36 Å². The van der Waals surface area contributed by atoms with Gasteiger partial charge in [-0.3, -0.25) is 0 Å². The van der Waals surface area contributed by atoms with Crippen LogP contribution in [0.3, 0.4) is 0 Å². The molecule has 1 aromatic carbocycles. The van der Waals surface area contributed by atoms with E-state index >= 15 is 0 Å². The zero-order valence-corrected chi connectivity index (χ0v) is 16.3. The van der Waals surface area contributed by atoms with Gasteiger partial charge in [0.1, 0.15) is 5.75 Å². The van der Waals surface area contributed by atoms with Gasteiger partial charge < -0.3 is 14.4 Å². The SMILES string of the molecule is O=S(=O)(NCC1CCN(C2CCOCC2)CC1)c1ccc(OC(F)(F)F)cc1. The first-order valence-corrected chi connectivity index (χ1v) is 10.9. The molecule has 0 aromatic heterocycles. The van der Waals surface area contributed by atoms with Crippen LogP contribution in [-0.4, -0.2) is 58.6 Å². The molecule has 6 nitrogen and oxygen atoms in total. The number of rotatable bonds is 6. The lowest BCUT2D eigenvalue weighted by Gasteiger charge is -2.39. The first kappa shape index (κ1) is 21.4. The minimum absolute atomic E-state index is 0.0818. The van der Waals surface area contributed by atoms with Crippen LogP contribution in [0, 0.1) is 5.92 Å². The molecule has 3 rings (SSSR count). The van der Waals surface area contributed by atoms with Gasteiger partial charge in [-0.1, -0.05) is 0 Å². The number of halogens is 3. The van der Waals surface area contributed by atoms with Crippen molar-refractivity contribution < 1.29 is 31.1 Å². The van der Waals surface area contributed by atoms with Crippen LogP contribution in [0.4, 0.5) is 13.2 Å². The van der Waals surface area contributed by atoms with Gasteiger partial charge in [-0.25, -0.2) is 13.1 Å². The van der Waals surface area contributed by atoms with Crippen molar-refractivity contribution in [1.82, 2.24) is 9.62 Å². The molecule has 1 N–H and O–H groups in total. The van der Waals surface area contributed by atoms with Crippen molar-refractivity contribution in [2.75, 3.05) is 32.8 Å². The first-order valence-electron chi connectivity index (χ1n) is 9.40. The molecule has 0 spiro atoms. The third-order valence-corrected chi connectivity index (χ3v) is 6.73. The highest BCUT2D eigenvalue weighted by Crippen LogP contribution is 2.25. The second-order valence-electron chi connectivity index (χ2n) is 7.19. The van der Waals surface area contributed by atoms with E-state index in [1.807, 2.05) is 0 Å². The second-order valence-corrected chi connectivity index (χ2v) is 8.96. The molecule has 0 bridgehead atoms. The highest BCUT2D eigenvalue weighted by molar-refractivity contribution is 7.89.